The molecule has 1 N–H and O–H groups in total. The van der Waals surface area contributed by atoms with Crippen molar-refractivity contribution in [2.75, 3.05) is 27.7 Å². The second-order valence-electron chi connectivity index (χ2n) is 6.74. The van der Waals surface area contributed by atoms with Gasteiger partial charge in [0.15, 0.2) is 5.75 Å². The standard InChI is InChI=1S/C16H29N3O2/c1-16(8-6-5-7-9-16)15(20)14-13(21-4)12-17-19(14)11-10-18(2)3/h12,15,20H,5-11H2,1-4H3. The van der Waals surface area contributed by atoms with E-state index in [9.17, 15) is 5.11 Å². The zero-order chi connectivity index (χ0) is 15.5. The number of nitrogens with zero attached hydrogens (tertiary/aromatic N) is 3. The molecular weight excluding hydrogens is 266 g/mol. The van der Waals surface area contributed by atoms with Gasteiger partial charge in [-0.1, -0.05) is 26.2 Å². The fraction of sp³-hybridized carbons (Fsp3) is 0.812. The number of likely N-dealkylation sites (N-methyl/N-ethyl adjacent to an activating group) is 1. The van der Waals surface area contributed by atoms with E-state index >= 15 is 0 Å². The van der Waals surface area contributed by atoms with Crippen molar-refractivity contribution < 1.29 is 9.84 Å². The van der Waals surface area contributed by atoms with Gasteiger partial charge in [-0.25, -0.2) is 0 Å². The Balaban J connectivity index is 2.25. The van der Waals surface area contributed by atoms with Crippen molar-refractivity contribution in [2.24, 2.45) is 5.41 Å². The van der Waals surface area contributed by atoms with Gasteiger partial charge < -0.3 is 14.7 Å². The maximum absolute atomic E-state index is 11.0. The van der Waals surface area contributed by atoms with Crippen LogP contribution in [0.2, 0.25) is 0 Å². The van der Waals surface area contributed by atoms with Crippen LogP contribution in [0.4, 0.5) is 0 Å². The van der Waals surface area contributed by atoms with Crippen LogP contribution in [0, 0.1) is 5.41 Å². The summed E-state index contributed by atoms with van der Waals surface area (Å²) in [5, 5.41) is 15.4. The maximum atomic E-state index is 11.0. The summed E-state index contributed by atoms with van der Waals surface area (Å²) in [5.74, 6) is 0.702. The number of methoxy groups -OCH3 is 1. The van der Waals surface area contributed by atoms with E-state index in [2.05, 4.69) is 16.9 Å². The first kappa shape index (κ1) is 16.3. The number of rotatable bonds is 6. The lowest BCUT2D eigenvalue weighted by molar-refractivity contribution is 0.000419. The highest BCUT2D eigenvalue weighted by Crippen LogP contribution is 2.47. The summed E-state index contributed by atoms with van der Waals surface area (Å²) in [6.45, 7) is 3.85. The van der Waals surface area contributed by atoms with Gasteiger partial charge in [-0.3, -0.25) is 4.68 Å². The van der Waals surface area contributed by atoms with Crippen LogP contribution in [-0.2, 0) is 6.54 Å². The quantitative estimate of drug-likeness (QED) is 0.876. The minimum absolute atomic E-state index is 0.0680. The number of ether oxygens (including phenoxy) is 1. The van der Waals surface area contributed by atoms with Crippen LogP contribution in [0.25, 0.3) is 0 Å². The third-order valence-corrected chi connectivity index (χ3v) is 4.74. The molecule has 1 aromatic heterocycles. The van der Waals surface area contributed by atoms with E-state index in [1.54, 1.807) is 13.3 Å². The summed E-state index contributed by atoms with van der Waals surface area (Å²) < 4.78 is 7.34. The fourth-order valence-corrected chi connectivity index (χ4v) is 3.25. The Labute approximate surface area is 127 Å². The molecule has 1 aliphatic rings. The minimum atomic E-state index is -0.516. The maximum Gasteiger partial charge on any atom is 0.162 e. The molecule has 120 valence electrons. The first-order valence-corrected chi connectivity index (χ1v) is 7.90. The Kier molecular flexibility index (Phi) is 5.27. The van der Waals surface area contributed by atoms with E-state index < -0.39 is 6.10 Å². The van der Waals surface area contributed by atoms with Gasteiger partial charge in [-0.15, -0.1) is 0 Å². The average Bonchev–Trinajstić information content (AvgIpc) is 2.87. The van der Waals surface area contributed by atoms with Gasteiger partial charge in [0, 0.05) is 6.54 Å². The van der Waals surface area contributed by atoms with Crippen molar-refractivity contribution in [1.82, 2.24) is 14.7 Å². The molecule has 0 amide bonds. The Bertz CT molecular complexity index is 450. The van der Waals surface area contributed by atoms with Crippen molar-refractivity contribution in [3.8, 4) is 5.75 Å². The Morgan fingerprint density at radius 3 is 2.62 bits per heavy atom. The number of aliphatic hydroxyl groups is 1. The van der Waals surface area contributed by atoms with Gasteiger partial charge in [0.1, 0.15) is 11.8 Å². The van der Waals surface area contributed by atoms with Crippen LogP contribution >= 0.6 is 0 Å². The Morgan fingerprint density at radius 2 is 2.05 bits per heavy atom. The van der Waals surface area contributed by atoms with Crippen molar-refractivity contribution in [1.29, 1.82) is 0 Å². The summed E-state index contributed by atoms with van der Waals surface area (Å²) in [6.07, 6.45) is 7.01. The molecule has 1 heterocycles. The lowest BCUT2D eigenvalue weighted by atomic mass is 9.71. The normalized spacial score (nSPS) is 19.7. The van der Waals surface area contributed by atoms with E-state index in [1.165, 1.54) is 19.3 Å². The second kappa shape index (κ2) is 6.79. The van der Waals surface area contributed by atoms with Crippen molar-refractivity contribution in [2.45, 2.75) is 51.7 Å². The predicted octanol–water partition coefficient (Wildman–Crippen LogP) is 2.46. The smallest absolute Gasteiger partial charge is 0.162 e. The molecule has 1 aromatic rings. The number of hydrogen-bond donors (Lipinski definition) is 1. The van der Waals surface area contributed by atoms with Crippen LogP contribution in [0.1, 0.15) is 50.8 Å². The molecule has 0 aliphatic heterocycles. The molecule has 0 saturated heterocycles. The molecule has 0 aromatic carbocycles. The van der Waals surface area contributed by atoms with Crippen LogP contribution < -0.4 is 4.74 Å². The molecule has 1 atom stereocenters. The predicted molar refractivity (Wildman–Crippen MR) is 83.5 cm³/mol. The second-order valence-corrected chi connectivity index (χ2v) is 6.74. The highest BCUT2D eigenvalue weighted by atomic mass is 16.5. The van der Waals surface area contributed by atoms with E-state index in [0.717, 1.165) is 31.6 Å². The zero-order valence-corrected chi connectivity index (χ0v) is 13.8. The summed E-state index contributed by atoms with van der Waals surface area (Å²) in [7, 11) is 5.73. The van der Waals surface area contributed by atoms with Gasteiger partial charge in [-0.05, 0) is 32.4 Å². The molecule has 0 bridgehead atoms. The zero-order valence-electron chi connectivity index (χ0n) is 13.8. The Morgan fingerprint density at radius 1 is 1.38 bits per heavy atom. The third-order valence-electron chi connectivity index (χ3n) is 4.74. The van der Waals surface area contributed by atoms with Gasteiger partial charge in [0.25, 0.3) is 0 Å². The van der Waals surface area contributed by atoms with Crippen molar-refractivity contribution in [3.05, 3.63) is 11.9 Å². The minimum Gasteiger partial charge on any atom is -0.493 e. The molecule has 5 heteroatoms. The van der Waals surface area contributed by atoms with Crippen molar-refractivity contribution >= 4 is 0 Å². The van der Waals surface area contributed by atoms with Crippen LogP contribution in [-0.4, -0.2) is 47.5 Å². The van der Waals surface area contributed by atoms with E-state index in [0.29, 0.717) is 5.75 Å². The molecule has 2 rings (SSSR count). The summed E-state index contributed by atoms with van der Waals surface area (Å²) >= 11 is 0. The molecule has 21 heavy (non-hydrogen) atoms. The largest absolute Gasteiger partial charge is 0.493 e. The third kappa shape index (κ3) is 3.58. The molecule has 5 nitrogen and oxygen atoms in total. The van der Waals surface area contributed by atoms with Gasteiger partial charge in [0.05, 0.1) is 19.9 Å². The van der Waals surface area contributed by atoms with Gasteiger partial charge in [-0.2, -0.15) is 5.10 Å². The summed E-state index contributed by atoms with van der Waals surface area (Å²) in [5.41, 5.74) is 0.769. The van der Waals surface area contributed by atoms with Crippen LogP contribution in [0.15, 0.2) is 6.20 Å². The number of hydrogen-bond acceptors (Lipinski definition) is 4. The molecule has 0 radical (unpaired) electrons. The van der Waals surface area contributed by atoms with Gasteiger partial charge in [0.2, 0.25) is 0 Å². The first-order chi connectivity index (χ1) is 9.98. The number of aliphatic hydroxyl groups excluding tert-OH is 1. The summed E-state index contributed by atoms with van der Waals surface area (Å²) in [6, 6.07) is 0. The molecule has 1 saturated carbocycles. The molecular formula is C16H29N3O2. The highest BCUT2D eigenvalue weighted by molar-refractivity contribution is 5.28. The lowest BCUT2D eigenvalue weighted by Gasteiger charge is -2.38. The topological polar surface area (TPSA) is 50.5 Å². The SMILES string of the molecule is COc1cnn(CCN(C)C)c1C(O)C1(C)CCCCC1. The molecule has 1 unspecified atom stereocenters. The summed E-state index contributed by atoms with van der Waals surface area (Å²) in [4.78, 5) is 2.12. The van der Waals surface area contributed by atoms with Gasteiger partial charge >= 0.3 is 0 Å². The Hall–Kier alpha value is -1.07. The first-order valence-electron chi connectivity index (χ1n) is 7.90. The molecule has 0 spiro atoms. The van der Waals surface area contributed by atoms with Crippen LogP contribution in [0.5, 0.6) is 5.75 Å². The average molecular weight is 295 g/mol. The van der Waals surface area contributed by atoms with Crippen molar-refractivity contribution in [3.63, 3.8) is 0 Å². The molecule has 1 fully saturated rings. The van der Waals surface area contributed by atoms with E-state index in [-0.39, 0.29) is 5.41 Å². The van der Waals surface area contributed by atoms with E-state index in [1.807, 2.05) is 18.8 Å². The fourth-order valence-electron chi connectivity index (χ4n) is 3.25. The lowest BCUT2D eigenvalue weighted by Crippen LogP contribution is -2.31. The monoisotopic (exact) mass is 295 g/mol. The number of aromatic nitrogens is 2. The van der Waals surface area contributed by atoms with Crippen LogP contribution in [0.3, 0.4) is 0 Å². The molecule has 1 aliphatic carbocycles. The highest BCUT2D eigenvalue weighted by Gasteiger charge is 2.38. The van der Waals surface area contributed by atoms with E-state index in [4.69, 9.17) is 4.74 Å².